The lowest BCUT2D eigenvalue weighted by atomic mass is 10.2. The van der Waals surface area contributed by atoms with Crippen molar-refractivity contribution in [2.24, 2.45) is 0 Å². The largest absolute Gasteiger partial charge is 0.478 e. The second-order valence-electron chi connectivity index (χ2n) is 4.02. The molecular weight excluding hydrogens is 258 g/mol. The quantitative estimate of drug-likeness (QED) is 0.882. The average Bonchev–Trinajstić information content (AvgIpc) is 2.81. The van der Waals surface area contributed by atoms with Crippen molar-refractivity contribution < 1.29 is 19.4 Å². The molecule has 5 nitrogen and oxygen atoms in total. The second kappa shape index (κ2) is 5.37. The van der Waals surface area contributed by atoms with E-state index in [1.165, 1.54) is 18.2 Å². The molecule has 1 amide bonds. The molecule has 0 bridgehead atoms. The van der Waals surface area contributed by atoms with Crippen LogP contribution >= 0.6 is 11.6 Å². The Hall–Kier alpha value is -1.59. The summed E-state index contributed by atoms with van der Waals surface area (Å²) in [6, 6.07) is 4.19. The van der Waals surface area contributed by atoms with Crippen LogP contribution in [0.5, 0.6) is 0 Å². The van der Waals surface area contributed by atoms with E-state index in [0.717, 1.165) is 6.42 Å². The highest BCUT2D eigenvalue weighted by Gasteiger charge is 2.23. The summed E-state index contributed by atoms with van der Waals surface area (Å²) >= 11 is 5.79. The molecule has 1 heterocycles. The molecular formula is C12H12ClNO4. The number of rotatable bonds is 3. The van der Waals surface area contributed by atoms with Gasteiger partial charge in [0.25, 0.3) is 5.91 Å². The van der Waals surface area contributed by atoms with E-state index in [0.29, 0.717) is 18.7 Å². The Balaban J connectivity index is 2.13. The molecule has 1 aromatic rings. The van der Waals surface area contributed by atoms with Gasteiger partial charge in [0.2, 0.25) is 0 Å². The lowest BCUT2D eigenvalue weighted by molar-refractivity contribution is -0.124. The predicted octanol–water partition coefficient (Wildman–Crippen LogP) is 2.16. The second-order valence-corrected chi connectivity index (χ2v) is 4.46. The molecule has 1 aliphatic rings. The number of halogens is 1. The van der Waals surface area contributed by atoms with E-state index in [1.807, 2.05) is 0 Å². The van der Waals surface area contributed by atoms with Crippen LogP contribution in [0.1, 0.15) is 23.2 Å². The van der Waals surface area contributed by atoms with Gasteiger partial charge in [0.05, 0.1) is 5.56 Å². The molecule has 0 aromatic heterocycles. The minimum Gasteiger partial charge on any atom is -0.478 e. The van der Waals surface area contributed by atoms with Crippen LogP contribution in [0.2, 0.25) is 5.02 Å². The SMILES string of the molecule is O=C(O)c1cc(Cl)cc(NC(=O)C2CCCO2)c1. The summed E-state index contributed by atoms with van der Waals surface area (Å²) in [6.45, 7) is 0.577. The number of nitrogens with one attached hydrogen (secondary N) is 1. The summed E-state index contributed by atoms with van der Waals surface area (Å²) in [4.78, 5) is 22.6. The zero-order valence-corrected chi connectivity index (χ0v) is 10.2. The third-order valence-electron chi connectivity index (χ3n) is 2.63. The fraction of sp³-hybridized carbons (Fsp3) is 0.333. The number of carboxylic acids is 1. The van der Waals surface area contributed by atoms with E-state index >= 15 is 0 Å². The average molecular weight is 270 g/mol. The first-order valence-electron chi connectivity index (χ1n) is 5.52. The van der Waals surface area contributed by atoms with Crippen LogP contribution in [-0.2, 0) is 9.53 Å². The first kappa shape index (κ1) is 12.9. The molecule has 18 heavy (non-hydrogen) atoms. The third-order valence-corrected chi connectivity index (χ3v) is 2.85. The van der Waals surface area contributed by atoms with Gasteiger partial charge in [-0.15, -0.1) is 0 Å². The maximum absolute atomic E-state index is 11.8. The summed E-state index contributed by atoms with van der Waals surface area (Å²) in [5.41, 5.74) is 0.394. The van der Waals surface area contributed by atoms with Gasteiger partial charge >= 0.3 is 5.97 Å². The molecule has 0 radical (unpaired) electrons. The van der Waals surface area contributed by atoms with Crippen molar-refractivity contribution in [2.75, 3.05) is 11.9 Å². The monoisotopic (exact) mass is 269 g/mol. The molecule has 1 aliphatic heterocycles. The summed E-state index contributed by atoms with van der Waals surface area (Å²) in [7, 11) is 0. The Bertz CT molecular complexity index is 483. The number of amides is 1. The topological polar surface area (TPSA) is 75.6 Å². The predicted molar refractivity (Wildman–Crippen MR) is 66.0 cm³/mol. The van der Waals surface area contributed by atoms with Gasteiger partial charge < -0.3 is 15.2 Å². The van der Waals surface area contributed by atoms with Crippen molar-refractivity contribution in [3.8, 4) is 0 Å². The minimum atomic E-state index is -1.09. The normalized spacial score (nSPS) is 18.6. The Morgan fingerprint density at radius 2 is 2.17 bits per heavy atom. The van der Waals surface area contributed by atoms with Crippen molar-refractivity contribution in [1.82, 2.24) is 0 Å². The number of carboxylic acid groups (broad SMARTS) is 1. The van der Waals surface area contributed by atoms with Gasteiger partial charge in [-0.3, -0.25) is 4.79 Å². The minimum absolute atomic E-state index is 0.0325. The van der Waals surface area contributed by atoms with Crippen molar-refractivity contribution in [1.29, 1.82) is 0 Å². The van der Waals surface area contributed by atoms with Crippen LogP contribution in [0, 0.1) is 0 Å². The van der Waals surface area contributed by atoms with Crippen molar-refractivity contribution in [2.45, 2.75) is 18.9 Å². The number of hydrogen-bond acceptors (Lipinski definition) is 3. The molecule has 0 aliphatic carbocycles. The summed E-state index contributed by atoms with van der Waals surface area (Å²) < 4.78 is 5.23. The Morgan fingerprint density at radius 1 is 1.39 bits per heavy atom. The molecule has 1 atom stereocenters. The van der Waals surface area contributed by atoms with Crippen molar-refractivity contribution in [3.05, 3.63) is 28.8 Å². The van der Waals surface area contributed by atoms with Gasteiger partial charge in [-0.2, -0.15) is 0 Å². The number of anilines is 1. The third kappa shape index (κ3) is 3.00. The lowest BCUT2D eigenvalue weighted by Gasteiger charge is -2.11. The fourth-order valence-electron chi connectivity index (χ4n) is 1.79. The maximum atomic E-state index is 11.8. The van der Waals surface area contributed by atoms with E-state index in [1.54, 1.807) is 0 Å². The van der Waals surface area contributed by atoms with Crippen LogP contribution in [0.3, 0.4) is 0 Å². The van der Waals surface area contributed by atoms with Gasteiger partial charge in [-0.05, 0) is 31.0 Å². The first-order chi connectivity index (χ1) is 8.56. The number of carbonyl (C=O) groups is 2. The van der Waals surface area contributed by atoms with Crippen LogP contribution in [0.4, 0.5) is 5.69 Å². The summed E-state index contributed by atoms with van der Waals surface area (Å²) in [5, 5.41) is 11.8. The maximum Gasteiger partial charge on any atom is 0.335 e. The van der Waals surface area contributed by atoms with Gasteiger partial charge in [-0.1, -0.05) is 11.6 Å². The molecule has 96 valence electrons. The molecule has 1 aromatic carbocycles. The van der Waals surface area contributed by atoms with E-state index < -0.39 is 12.1 Å². The van der Waals surface area contributed by atoms with Crippen LogP contribution < -0.4 is 5.32 Å². The van der Waals surface area contributed by atoms with Crippen LogP contribution in [0.15, 0.2) is 18.2 Å². The van der Waals surface area contributed by atoms with Crippen LogP contribution in [0.25, 0.3) is 0 Å². The number of carbonyl (C=O) groups excluding carboxylic acids is 1. The van der Waals surface area contributed by atoms with Crippen molar-refractivity contribution >= 4 is 29.2 Å². The summed E-state index contributed by atoms with van der Waals surface area (Å²) in [5.74, 6) is -1.36. The van der Waals surface area contributed by atoms with Gasteiger partial charge in [0, 0.05) is 17.3 Å². The Morgan fingerprint density at radius 3 is 2.78 bits per heavy atom. The molecule has 0 spiro atoms. The Kier molecular flexibility index (Phi) is 3.84. The Labute approximate surface area is 109 Å². The lowest BCUT2D eigenvalue weighted by Crippen LogP contribution is -2.26. The summed E-state index contributed by atoms with van der Waals surface area (Å²) in [6.07, 6.45) is 1.07. The smallest absolute Gasteiger partial charge is 0.335 e. The zero-order chi connectivity index (χ0) is 13.1. The van der Waals surface area contributed by atoms with Gasteiger partial charge in [0.1, 0.15) is 6.10 Å². The van der Waals surface area contributed by atoms with Crippen LogP contribution in [-0.4, -0.2) is 29.7 Å². The molecule has 0 saturated carbocycles. The molecule has 6 heteroatoms. The zero-order valence-electron chi connectivity index (χ0n) is 9.48. The fourth-order valence-corrected chi connectivity index (χ4v) is 2.03. The van der Waals surface area contributed by atoms with E-state index in [2.05, 4.69) is 5.32 Å². The van der Waals surface area contributed by atoms with Gasteiger partial charge in [0.15, 0.2) is 0 Å². The number of hydrogen-bond donors (Lipinski definition) is 2. The van der Waals surface area contributed by atoms with Crippen molar-refractivity contribution in [3.63, 3.8) is 0 Å². The standard InChI is InChI=1S/C12H12ClNO4/c13-8-4-7(12(16)17)5-9(6-8)14-11(15)10-2-1-3-18-10/h4-6,10H,1-3H2,(H,14,15)(H,16,17). The van der Waals surface area contributed by atoms with E-state index in [-0.39, 0.29) is 16.5 Å². The number of benzene rings is 1. The highest BCUT2D eigenvalue weighted by atomic mass is 35.5. The molecule has 1 unspecified atom stereocenters. The highest BCUT2D eigenvalue weighted by Crippen LogP contribution is 2.21. The van der Waals surface area contributed by atoms with E-state index in [4.69, 9.17) is 21.4 Å². The van der Waals surface area contributed by atoms with Gasteiger partial charge in [-0.25, -0.2) is 4.79 Å². The molecule has 1 saturated heterocycles. The highest BCUT2D eigenvalue weighted by molar-refractivity contribution is 6.31. The number of aromatic carboxylic acids is 1. The molecule has 2 rings (SSSR count). The first-order valence-corrected chi connectivity index (χ1v) is 5.90. The number of ether oxygens (including phenoxy) is 1. The van der Waals surface area contributed by atoms with E-state index in [9.17, 15) is 9.59 Å². The molecule has 1 fully saturated rings. The molecule has 2 N–H and O–H groups in total.